The number of imide groups is 2. The fourth-order valence-electron chi connectivity index (χ4n) is 3.59. The van der Waals surface area contributed by atoms with Gasteiger partial charge in [-0.1, -0.05) is 46.3 Å². The molecular formula is C26H20BrFN2O4. The first-order valence-electron chi connectivity index (χ1n) is 10.5. The van der Waals surface area contributed by atoms with Crippen LogP contribution in [0.2, 0.25) is 0 Å². The normalized spacial score (nSPS) is 15.0. The Hall–Kier alpha value is -3.78. The lowest BCUT2D eigenvalue weighted by molar-refractivity contribution is -0.122. The summed E-state index contributed by atoms with van der Waals surface area (Å²) in [6.45, 7) is 2.22. The van der Waals surface area contributed by atoms with Crippen LogP contribution in [-0.4, -0.2) is 24.5 Å². The maximum absolute atomic E-state index is 14.1. The Kier molecular flexibility index (Phi) is 6.88. The summed E-state index contributed by atoms with van der Waals surface area (Å²) < 4.78 is 20.7. The molecule has 0 saturated carbocycles. The molecule has 0 aromatic heterocycles. The zero-order valence-corrected chi connectivity index (χ0v) is 19.8. The molecule has 4 rings (SSSR count). The Balaban J connectivity index is 1.67. The molecule has 0 spiro atoms. The van der Waals surface area contributed by atoms with Crippen LogP contribution in [0.25, 0.3) is 6.08 Å². The molecule has 8 heteroatoms. The van der Waals surface area contributed by atoms with E-state index in [0.29, 0.717) is 35.6 Å². The molecule has 0 unspecified atom stereocenters. The molecule has 1 saturated heterocycles. The number of nitrogens with one attached hydrogen (secondary N) is 1. The molecule has 1 heterocycles. The average Bonchev–Trinajstić information content (AvgIpc) is 2.81. The molecule has 172 valence electrons. The number of urea groups is 1. The molecule has 3 aromatic carbocycles. The van der Waals surface area contributed by atoms with E-state index in [2.05, 4.69) is 21.2 Å². The van der Waals surface area contributed by atoms with E-state index in [9.17, 15) is 18.8 Å². The minimum absolute atomic E-state index is 0.188. The van der Waals surface area contributed by atoms with Crippen molar-refractivity contribution in [2.24, 2.45) is 0 Å². The largest absolute Gasteiger partial charge is 0.494 e. The second-order valence-electron chi connectivity index (χ2n) is 7.50. The Morgan fingerprint density at radius 3 is 2.44 bits per heavy atom. The minimum Gasteiger partial charge on any atom is -0.494 e. The minimum atomic E-state index is -0.815. The van der Waals surface area contributed by atoms with Gasteiger partial charge in [0.25, 0.3) is 11.8 Å². The highest BCUT2D eigenvalue weighted by Crippen LogP contribution is 2.28. The zero-order valence-electron chi connectivity index (χ0n) is 18.2. The van der Waals surface area contributed by atoms with Crippen molar-refractivity contribution in [2.45, 2.75) is 13.3 Å². The van der Waals surface area contributed by atoms with Gasteiger partial charge in [0.15, 0.2) is 0 Å². The van der Waals surface area contributed by atoms with E-state index in [4.69, 9.17) is 4.74 Å². The highest BCUT2D eigenvalue weighted by molar-refractivity contribution is 9.10. The summed E-state index contributed by atoms with van der Waals surface area (Å²) in [5.41, 5.74) is 1.97. The quantitative estimate of drug-likeness (QED) is 0.354. The molecule has 1 aliphatic rings. The highest BCUT2D eigenvalue weighted by atomic mass is 79.9. The molecule has 0 aliphatic carbocycles. The lowest BCUT2D eigenvalue weighted by Crippen LogP contribution is -2.54. The van der Waals surface area contributed by atoms with Gasteiger partial charge >= 0.3 is 6.03 Å². The predicted molar refractivity (Wildman–Crippen MR) is 130 cm³/mol. The van der Waals surface area contributed by atoms with Crippen molar-refractivity contribution in [1.29, 1.82) is 0 Å². The number of hydrogen-bond acceptors (Lipinski definition) is 4. The summed E-state index contributed by atoms with van der Waals surface area (Å²) in [5.74, 6) is -1.30. The first kappa shape index (κ1) is 23.4. The molecule has 1 N–H and O–H groups in total. The standard InChI is InChI=1S/C26H20BrFN2O4/c1-2-34-23-14-16(7-8-18(23)15-17-5-3-4-6-22(17)28)13-21-24(31)29-26(33)30(25(21)32)20-11-9-19(27)10-12-20/h3-14H,2,15H2,1H3,(H,29,31,33)/b21-13+. The van der Waals surface area contributed by atoms with Gasteiger partial charge in [0.2, 0.25) is 0 Å². The summed E-state index contributed by atoms with van der Waals surface area (Å²) in [7, 11) is 0. The molecule has 0 bridgehead atoms. The van der Waals surface area contributed by atoms with Crippen LogP contribution in [0.15, 0.2) is 76.8 Å². The maximum Gasteiger partial charge on any atom is 0.335 e. The number of halogens is 2. The second-order valence-corrected chi connectivity index (χ2v) is 8.42. The van der Waals surface area contributed by atoms with Crippen LogP contribution in [0.5, 0.6) is 5.75 Å². The van der Waals surface area contributed by atoms with E-state index >= 15 is 0 Å². The molecule has 0 radical (unpaired) electrons. The van der Waals surface area contributed by atoms with Crippen LogP contribution < -0.4 is 15.0 Å². The monoisotopic (exact) mass is 522 g/mol. The SMILES string of the molecule is CCOc1cc(/C=C2\C(=O)NC(=O)N(c3ccc(Br)cc3)C2=O)ccc1Cc1ccccc1F. The Morgan fingerprint density at radius 2 is 1.74 bits per heavy atom. The lowest BCUT2D eigenvalue weighted by atomic mass is 10.00. The third-order valence-electron chi connectivity index (χ3n) is 5.23. The van der Waals surface area contributed by atoms with E-state index < -0.39 is 17.8 Å². The van der Waals surface area contributed by atoms with Crippen LogP contribution in [0, 0.1) is 5.82 Å². The number of nitrogens with zero attached hydrogens (tertiary/aromatic N) is 1. The van der Waals surface area contributed by atoms with E-state index in [-0.39, 0.29) is 11.4 Å². The van der Waals surface area contributed by atoms with Gasteiger partial charge < -0.3 is 4.74 Å². The van der Waals surface area contributed by atoms with Crippen LogP contribution >= 0.6 is 15.9 Å². The summed E-state index contributed by atoms with van der Waals surface area (Å²) in [5, 5.41) is 2.21. The van der Waals surface area contributed by atoms with E-state index in [1.54, 1.807) is 60.7 Å². The summed E-state index contributed by atoms with van der Waals surface area (Å²) in [6.07, 6.45) is 1.73. The van der Waals surface area contributed by atoms with Crippen molar-refractivity contribution in [3.05, 3.63) is 99.3 Å². The topological polar surface area (TPSA) is 75.7 Å². The lowest BCUT2D eigenvalue weighted by Gasteiger charge is -2.26. The average molecular weight is 523 g/mol. The van der Waals surface area contributed by atoms with Crippen LogP contribution in [0.3, 0.4) is 0 Å². The fourth-order valence-corrected chi connectivity index (χ4v) is 3.86. The van der Waals surface area contributed by atoms with E-state index in [0.717, 1.165) is 14.9 Å². The third-order valence-corrected chi connectivity index (χ3v) is 5.76. The van der Waals surface area contributed by atoms with Gasteiger partial charge in [-0.2, -0.15) is 0 Å². The molecule has 3 aromatic rings. The van der Waals surface area contributed by atoms with Crippen molar-refractivity contribution in [1.82, 2.24) is 5.32 Å². The van der Waals surface area contributed by atoms with Gasteiger partial charge in [-0.3, -0.25) is 14.9 Å². The van der Waals surface area contributed by atoms with Gasteiger partial charge in [0.1, 0.15) is 17.1 Å². The molecule has 6 nitrogen and oxygen atoms in total. The van der Waals surface area contributed by atoms with Crippen LogP contribution in [0.4, 0.5) is 14.9 Å². The van der Waals surface area contributed by atoms with Crippen molar-refractivity contribution < 1.29 is 23.5 Å². The number of benzene rings is 3. The number of barbiturate groups is 1. The van der Waals surface area contributed by atoms with Gasteiger partial charge in [0.05, 0.1) is 12.3 Å². The first-order chi connectivity index (χ1) is 16.4. The van der Waals surface area contributed by atoms with Gasteiger partial charge in [-0.15, -0.1) is 0 Å². The summed E-state index contributed by atoms with van der Waals surface area (Å²) in [4.78, 5) is 38.8. The number of anilines is 1. The first-order valence-corrected chi connectivity index (χ1v) is 11.3. The van der Waals surface area contributed by atoms with E-state index in [1.807, 2.05) is 6.92 Å². The molecule has 1 aliphatic heterocycles. The van der Waals surface area contributed by atoms with Crippen LogP contribution in [0.1, 0.15) is 23.6 Å². The van der Waals surface area contributed by atoms with Gasteiger partial charge in [-0.25, -0.2) is 14.1 Å². The third kappa shape index (κ3) is 4.92. The Morgan fingerprint density at radius 1 is 1.00 bits per heavy atom. The smallest absolute Gasteiger partial charge is 0.335 e. The van der Waals surface area contributed by atoms with Crippen LogP contribution in [-0.2, 0) is 16.0 Å². The van der Waals surface area contributed by atoms with Gasteiger partial charge in [0, 0.05) is 10.9 Å². The number of carbonyl (C=O) groups excluding carboxylic acids is 3. The highest BCUT2D eigenvalue weighted by Gasteiger charge is 2.36. The maximum atomic E-state index is 14.1. The van der Waals surface area contributed by atoms with Crippen molar-refractivity contribution >= 4 is 45.5 Å². The molecular weight excluding hydrogens is 503 g/mol. The molecule has 34 heavy (non-hydrogen) atoms. The second kappa shape index (κ2) is 10.0. The van der Waals surface area contributed by atoms with Crippen molar-refractivity contribution in [2.75, 3.05) is 11.5 Å². The Bertz CT molecular complexity index is 1300. The predicted octanol–water partition coefficient (Wildman–Crippen LogP) is 5.24. The number of amides is 4. The zero-order chi connectivity index (χ0) is 24.2. The number of rotatable bonds is 6. The molecule has 1 fully saturated rings. The number of hydrogen-bond donors (Lipinski definition) is 1. The Labute approximate surface area is 204 Å². The number of carbonyl (C=O) groups is 3. The van der Waals surface area contributed by atoms with E-state index in [1.165, 1.54) is 12.1 Å². The van der Waals surface area contributed by atoms with Crippen molar-refractivity contribution in [3.63, 3.8) is 0 Å². The van der Waals surface area contributed by atoms with Crippen molar-refractivity contribution in [3.8, 4) is 5.75 Å². The summed E-state index contributed by atoms with van der Waals surface area (Å²) in [6, 6.07) is 17.4. The van der Waals surface area contributed by atoms with Gasteiger partial charge in [-0.05, 0) is 66.1 Å². The molecule has 4 amide bonds. The number of ether oxygens (including phenoxy) is 1. The molecule has 0 atom stereocenters. The fraction of sp³-hybridized carbons (Fsp3) is 0.115. The summed E-state index contributed by atoms with van der Waals surface area (Å²) >= 11 is 3.31.